The van der Waals surface area contributed by atoms with Crippen molar-refractivity contribution in [2.75, 3.05) is 29.9 Å². The Kier molecular flexibility index (Phi) is 6.35. The van der Waals surface area contributed by atoms with E-state index in [2.05, 4.69) is 10.0 Å². The molecule has 9 heteroatoms. The molecule has 0 spiro atoms. The van der Waals surface area contributed by atoms with Crippen LogP contribution in [0.2, 0.25) is 0 Å². The number of sulfonamides is 1. The van der Waals surface area contributed by atoms with Gasteiger partial charge >= 0.3 is 0 Å². The van der Waals surface area contributed by atoms with Crippen LogP contribution in [0.4, 0.5) is 11.4 Å². The van der Waals surface area contributed by atoms with Gasteiger partial charge in [-0.05, 0) is 49.2 Å². The van der Waals surface area contributed by atoms with Crippen LogP contribution < -0.4 is 14.9 Å². The molecule has 4 rings (SSSR count). The van der Waals surface area contributed by atoms with E-state index >= 15 is 0 Å². The highest BCUT2D eigenvalue weighted by Gasteiger charge is 2.35. The zero-order valence-corrected chi connectivity index (χ0v) is 17.8. The second-order valence-electron chi connectivity index (χ2n) is 7.74. The molecule has 2 amide bonds. The summed E-state index contributed by atoms with van der Waals surface area (Å²) >= 11 is 0. The minimum Gasteiger partial charge on any atom is -0.377 e. The number of rotatable bonds is 7. The van der Waals surface area contributed by atoms with Gasteiger partial charge < -0.3 is 15.0 Å². The van der Waals surface area contributed by atoms with E-state index in [9.17, 15) is 18.0 Å². The van der Waals surface area contributed by atoms with E-state index in [0.29, 0.717) is 18.8 Å². The van der Waals surface area contributed by atoms with E-state index in [1.165, 1.54) is 12.1 Å². The van der Waals surface area contributed by atoms with Gasteiger partial charge in [-0.1, -0.05) is 18.2 Å². The Morgan fingerprint density at radius 3 is 2.52 bits per heavy atom. The number of ether oxygens (including phenoxy) is 1. The average molecular weight is 444 g/mol. The lowest BCUT2D eigenvalue weighted by Crippen LogP contribution is -2.31. The van der Waals surface area contributed by atoms with Gasteiger partial charge in [-0.25, -0.2) is 13.1 Å². The van der Waals surface area contributed by atoms with Gasteiger partial charge in [0.05, 0.1) is 16.9 Å². The molecule has 164 valence electrons. The summed E-state index contributed by atoms with van der Waals surface area (Å²) in [7, 11) is -3.65. The molecule has 0 radical (unpaired) electrons. The lowest BCUT2D eigenvalue weighted by molar-refractivity contribution is -0.122. The molecule has 2 aromatic carbocycles. The standard InChI is InChI=1S/C22H25N3O5S/c26-21-13-16(15-25(21)18-5-2-1-3-6-18)22(27)24-17-8-10-20(11-9-17)31(28,29)23-14-19-7-4-12-30-19/h1-3,5-6,8-11,16,19,23H,4,7,12-15H2,(H,24,27)/t16-,19+/m0/s1. The fourth-order valence-corrected chi connectivity index (χ4v) is 4.86. The molecule has 2 aliphatic rings. The van der Waals surface area contributed by atoms with Crippen LogP contribution >= 0.6 is 0 Å². The Bertz CT molecular complexity index is 1030. The number of nitrogens with one attached hydrogen (secondary N) is 2. The fraction of sp³-hybridized carbons (Fsp3) is 0.364. The molecule has 0 aromatic heterocycles. The molecule has 0 unspecified atom stereocenters. The number of benzene rings is 2. The normalized spacial score (nSPS) is 21.4. The third-order valence-corrected chi connectivity index (χ3v) is 6.96. The smallest absolute Gasteiger partial charge is 0.240 e. The lowest BCUT2D eigenvalue weighted by Gasteiger charge is -2.16. The third kappa shape index (κ3) is 5.12. The first-order valence-corrected chi connectivity index (χ1v) is 11.8. The monoisotopic (exact) mass is 443 g/mol. The quantitative estimate of drug-likeness (QED) is 0.682. The van der Waals surface area contributed by atoms with Crippen LogP contribution in [0.5, 0.6) is 0 Å². The van der Waals surface area contributed by atoms with Gasteiger partial charge in [-0.3, -0.25) is 9.59 Å². The lowest BCUT2D eigenvalue weighted by atomic mass is 10.1. The summed E-state index contributed by atoms with van der Waals surface area (Å²) in [5.74, 6) is -0.826. The SMILES string of the molecule is O=C(Nc1ccc(S(=O)(=O)NC[C@H]2CCCO2)cc1)[C@H]1CC(=O)N(c2ccccc2)C1. The summed E-state index contributed by atoms with van der Waals surface area (Å²) in [4.78, 5) is 26.7. The first-order valence-electron chi connectivity index (χ1n) is 10.3. The van der Waals surface area contributed by atoms with E-state index in [-0.39, 0.29) is 35.8 Å². The molecule has 2 saturated heterocycles. The Hall–Kier alpha value is -2.75. The van der Waals surface area contributed by atoms with Gasteiger partial charge in [0.1, 0.15) is 0 Å². The third-order valence-electron chi connectivity index (χ3n) is 5.52. The highest BCUT2D eigenvalue weighted by Crippen LogP contribution is 2.26. The summed E-state index contributed by atoms with van der Waals surface area (Å²) in [6.07, 6.45) is 1.84. The van der Waals surface area contributed by atoms with Crippen LogP contribution in [0.1, 0.15) is 19.3 Å². The maximum atomic E-state index is 12.6. The minimum absolute atomic E-state index is 0.0853. The van der Waals surface area contributed by atoms with Crippen molar-refractivity contribution in [3.8, 4) is 0 Å². The van der Waals surface area contributed by atoms with E-state index < -0.39 is 15.9 Å². The number of amides is 2. The van der Waals surface area contributed by atoms with Crippen molar-refractivity contribution in [2.24, 2.45) is 5.92 Å². The maximum absolute atomic E-state index is 12.6. The first kappa shape index (κ1) is 21.5. The van der Waals surface area contributed by atoms with Gasteiger partial charge in [-0.2, -0.15) is 0 Å². The Morgan fingerprint density at radius 2 is 1.84 bits per heavy atom. The van der Waals surface area contributed by atoms with Crippen molar-refractivity contribution >= 4 is 33.2 Å². The van der Waals surface area contributed by atoms with Crippen molar-refractivity contribution in [3.63, 3.8) is 0 Å². The van der Waals surface area contributed by atoms with Crippen LogP contribution in [0, 0.1) is 5.92 Å². The summed E-state index contributed by atoms with van der Waals surface area (Å²) in [5, 5.41) is 2.78. The Labute approximate surface area is 181 Å². The molecule has 2 atom stereocenters. The van der Waals surface area contributed by atoms with Crippen LogP contribution in [0.15, 0.2) is 59.5 Å². The number of hydrogen-bond donors (Lipinski definition) is 2. The van der Waals surface area contributed by atoms with Gasteiger partial charge in [0, 0.05) is 37.5 Å². The molecule has 2 N–H and O–H groups in total. The van der Waals surface area contributed by atoms with Crippen molar-refractivity contribution in [1.29, 1.82) is 0 Å². The van der Waals surface area contributed by atoms with Gasteiger partial charge in [0.25, 0.3) is 0 Å². The van der Waals surface area contributed by atoms with Gasteiger partial charge in [-0.15, -0.1) is 0 Å². The van der Waals surface area contributed by atoms with Gasteiger partial charge in [0.2, 0.25) is 21.8 Å². The summed E-state index contributed by atoms with van der Waals surface area (Å²) in [5.41, 5.74) is 1.25. The molecule has 2 heterocycles. The van der Waals surface area contributed by atoms with Crippen LogP contribution in [-0.4, -0.2) is 46.0 Å². The van der Waals surface area contributed by atoms with Crippen molar-refractivity contribution in [2.45, 2.75) is 30.3 Å². The minimum atomic E-state index is -3.65. The number of nitrogens with zero attached hydrogens (tertiary/aromatic N) is 1. The number of carbonyl (C=O) groups excluding carboxylic acids is 2. The van der Waals surface area contributed by atoms with Crippen LogP contribution in [0.25, 0.3) is 0 Å². The number of anilines is 2. The number of carbonyl (C=O) groups is 2. The molecule has 0 saturated carbocycles. The summed E-state index contributed by atoms with van der Waals surface area (Å²) in [6, 6.07) is 15.2. The Balaban J connectivity index is 1.34. The van der Waals surface area contributed by atoms with Crippen LogP contribution in [-0.2, 0) is 24.3 Å². The maximum Gasteiger partial charge on any atom is 0.240 e. The molecule has 31 heavy (non-hydrogen) atoms. The Morgan fingerprint density at radius 1 is 1.10 bits per heavy atom. The number of para-hydroxylation sites is 1. The van der Waals surface area contributed by atoms with E-state index in [4.69, 9.17) is 4.74 Å². The predicted molar refractivity (Wildman–Crippen MR) is 116 cm³/mol. The average Bonchev–Trinajstić information content (AvgIpc) is 3.43. The molecule has 8 nitrogen and oxygen atoms in total. The number of hydrogen-bond acceptors (Lipinski definition) is 5. The van der Waals surface area contributed by atoms with E-state index in [1.54, 1.807) is 17.0 Å². The largest absolute Gasteiger partial charge is 0.377 e. The fourth-order valence-electron chi connectivity index (χ4n) is 3.79. The molecular formula is C22H25N3O5S. The second-order valence-corrected chi connectivity index (χ2v) is 9.51. The first-order chi connectivity index (χ1) is 14.9. The molecule has 0 aliphatic carbocycles. The highest BCUT2D eigenvalue weighted by atomic mass is 32.2. The molecule has 2 aromatic rings. The highest BCUT2D eigenvalue weighted by molar-refractivity contribution is 7.89. The zero-order valence-electron chi connectivity index (χ0n) is 17.0. The van der Waals surface area contributed by atoms with Gasteiger partial charge in [0.15, 0.2) is 0 Å². The molecular weight excluding hydrogens is 418 g/mol. The summed E-state index contributed by atoms with van der Waals surface area (Å²) < 4.78 is 32.9. The van der Waals surface area contributed by atoms with E-state index in [0.717, 1.165) is 18.5 Å². The molecule has 2 fully saturated rings. The predicted octanol–water partition coefficient (Wildman–Crippen LogP) is 2.14. The van der Waals surface area contributed by atoms with Crippen molar-refractivity contribution in [1.82, 2.24) is 4.72 Å². The van der Waals surface area contributed by atoms with Crippen molar-refractivity contribution < 1.29 is 22.7 Å². The van der Waals surface area contributed by atoms with Crippen LogP contribution in [0.3, 0.4) is 0 Å². The second kappa shape index (κ2) is 9.17. The van der Waals surface area contributed by atoms with E-state index in [1.807, 2.05) is 30.3 Å². The summed E-state index contributed by atoms with van der Waals surface area (Å²) in [6.45, 7) is 1.22. The van der Waals surface area contributed by atoms with Crippen molar-refractivity contribution in [3.05, 3.63) is 54.6 Å². The zero-order chi connectivity index (χ0) is 21.8. The topological polar surface area (TPSA) is 105 Å². The molecule has 2 aliphatic heterocycles. The molecule has 0 bridgehead atoms.